The Kier molecular flexibility index (Phi) is 4.26. The van der Waals surface area contributed by atoms with Crippen molar-refractivity contribution in [2.75, 3.05) is 18.1 Å². The quantitative estimate of drug-likeness (QED) is 0.664. The molecule has 11 heavy (non-hydrogen) atoms. The van der Waals surface area contributed by atoms with E-state index >= 15 is 0 Å². The summed E-state index contributed by atoms with van der Waals surface area (Å²) in [5.41, 5.74) is 0. The predicted molar refractivity (Wildman–Crippen MR) is 50.0 cm³/mol. The molecule has 2 N–H and O–H groups in total. The van der Waals surface area contributed by atoms with Gasteiger partial charge in [-0.05, 0) is 18.6 Å². The fraction of sp³-hybridized carbons (Fsp3) is 1.00. The standard InChI is InChI=1S/C8H17NOS/c1-2-7(5-10)9-8-3-4-11-6-8/h7-10H,2-6H2,1H3/t7-,8+/m1/s1. The molecule has 66 valence electrons. The highest BCUT2D eigenvalue weighted by atomic mass is 32.2. The van der Waals surface area contributed by atoms with Gasteiger partial charge < -0.3 is 10.4 Å². The van der Waals surface area contributed by atoms with E-state index in [-0.39, 0.29) is 6.61 Å². The van der Waals surface area contributed by atoms with Crippen molar-refractivity contribution in [3.05, 3.63) is 0 Å². The first-order valence-electron chi connectivity index (χ1n) is 4.31. The molecule has 1 rings (SSSR count). The molecule has 0 aliphatic carbocycles. The molecule has 2 atom stereocenters. The molecule has 3 heteroatoms. The summed E-state index contributed by atoms with van der Waals surface area (Å²) in [4.78, 5) is 0. The van der Waals surface area contributed by atoms with Crippen LogP contribution in [0.15, 0.2) is 0 Å². The van der Waals surface area contributed by atoms with Gasteiger partial charge in [0.1, 0.15) is 0 Å². The number of aliphatic hydroxyl groups excluding tert-OH is 1. The van der Waals surface area contributed by atoms with Crippen molar-refractivity contribution in [2.45, 2.75) is 31.8 Å². The van der Waals surface area contributed by atoms with E-state index < -0.39 is 0 Å². The van der Waals surface area contributed by atoms with Crippen LogP contribution in [0.3, 0.4) is 0 Å². The molecular weight excluding hydrogens is 158 g/mol. The van der Waals surface area contributed by atoms with Gasteiger partial charge in [-0.15, -0.1) is 0 Å². The normalized spacial score (nSPS) is 27.3. The SMILES string of the molecule is CC[C@H](CO)N[C@H]1CCSC1. The molecule has 1 saturated heterocycles. The Morgan fingerprint density at radius 3 is 3.00 bits per heavy atom. The van der Waals surface area contributed by atoms with Crippen LogP contribution in [-0.4, -0.2) is 35.3 Å². The van der Waals surface area contributed by atoms with Crippen LogP contribution in [0.1, 0.15) is 19.8 Å². The molecule has 2 nitrogen and oxygen atoms in total. The third-order valence-electron chi connectivity index (χ3n) is 2.11. The average Bonchev–Trinajstić information content (AvgIpc) is 2.52. The first-order valence-corrected chi connectivity index (χ1v) is 5.47. The number of hydrogen-bond donors (Lipinski definition) is 2. The topological polar surface area (TPSA) is 32.3 Å². The van der Waals surface area contributed by atoms with Crippen molar-refractivity contribution < 1.29 is 5.11 Å². The number of aliphatic hydroxyl groups is 1. The molecule has 1 heterocycles. The highest BCUT2D eigenvalue weighted by Crippen LogP contribution is 2.17. The van der Waals surface area contributed by atoms with Crippen LogP contribution >= 0.6 is 11.8 Å². The average molecular weight is 175 g/mol. The molecule has 1 fully saturated rings. The monoisotopic (exact) mass is 175 g/mol. The lowest BCUT2D eigenvalue weighted by atomic mass is 10.2. The Labute approximate surface area is 72.8 Å². The molecule has 0 aromatic rings. The number of hydrogen-bond acceptors (Lipinski definition) is 3. The second-order valence-electron chi connectivity index (χ2n) is 3.01. The van der Waals surface area contributed by atoms with Crippen molar-refractivity contribution >= 4 is 11.8 Å². The van der Waals surface area contributed by atoms with Gasteiger partial charge in [-0.1, -0.05) is 6.92 Å². The molecule has 0 aromatic heterocycles. The lowest BCUT2D eigenvalue weighted by Gasteiger charge is -2.18. The molecule has 0 amide bonds. The minimum absolute atomic E-state index is 0.275. The zero-order valence-electron chi connectivity index (χ0n) is 7.05. The van der Waals surface area contributed by atoms with Crippen LogP contribution in [0.4, 0.5) is 0 Å². The molecule has 0 bridgehead atoms. The maximum Gasteiger partial charge on any atom is 0.0584 e. The largest absolute Gasteiger partial charge is 0.395 e. The molecule has 0 aromatic carbocycles. The second kappa shape index (κ2) is 5.01. The van der Waals surface area contributed by atoms with Gasteiger partial charge in [-0.2, -0.15) is 11.8 Å². The molecule has 0 unspecified atom stereocenters. The fourth-order valence-corrected chi connectivity index (χ4v) is 2.46. The van der Waals surface area contributed by atoms with Crippen molar-refractivity contribution in [1.29, 1.82) is 0 Å². The Morgan fingerprint density at radius 2 is 2.55 bits per heavy atom. The third-order valence-corrected chi connectivity index (χ3v) is 3.28. The lowest BCUT2D eigenvalue weighted by molar-refractivity contribution is 0.230. The maximum atomic E-state index is 8.92. The summed E-state index contributed by atoms with van der Waals surface area (Å²) in [6.45, 7) is 2.38. The van der Waals surface area contributed by atoms with Gasteiger partial charge in [0.15, 0.2) is 0 Å². The number of thioether (sulfide) groups is 1. The van der Waals surface area contributed by atoms with Gasteiger partial charge in [0.2, 0.25) is 0 Å². The minimum Gasteiger partial charge on any atom is -0.395 e. The van der Waals surface area contributed by atoms with Crippen LogP contribution in [0.5, 0.6) is 0 Å². The number of nitrogens with one attached hydrogen (secondary N) is 1. The third kappa shape index (κ3) is 3.01. The van der Waals surface area contributed by atoms with E-state index in [2.05, 4.69) is 12.2 Å². The van der Waals surface area contributed by atoms with E-state index in [9.17, 15) is 0 Å². The molecular formula is C8H17NOS. The van der Waals surface area contributed by atoms with E-state index in [1.807, 2.05) is 11.8 Å². The lowest BCUT2D eigenvalue weighted by Crippen LogP contribution is -2.40. The predicted octanol–water partition coefficient (Wildman–Crippen LogP) is 0.852. The summed E-state index contributed by atoms with van der Waals surface area (Å²) in [7, 11) is 0. The van der Waals surface area contributed by atoms with Crippen molar-refractivity contribution in [3.63, 3.8) is 0 Å². The Bertz CT molecular complexity index is 100. The molecule has 0 spiro atoms. The van der Waals surface area contributed by atoms with Crippen molar-refractivity contribution in [1.82, 2.24) is 5.32 Å². The highest BCUT2D eigenvalue weighted by Gasteiger charge is 2.17. The van der Waals surface area contributed by atoms with Gasteiger partial charge in [-0.3, -0.25) is 0 Å². The van der Waals surface area contributed by atoms with E-state index in [4.69, 9.17) is 5.11 Å². The Balaban J connectivity index is 2.16. The van der Waals surface area contributed by atoms with Crippen LogP contribution in [0.2, 0.25) is 0 Å². The zero-order valence-corrected chi connectivity index (χ0v) is 7.86. The Morgan fingerprint density at radius 1 is 1.73 bits per heavy atom. The first kappa shape index (κ1) is 9.36. The molecule has 0 radical (unpaired) electrons. The van der Waals surface area contributed by atoms with Gasteiger partial charge in [0.25, 0.3) is 0 Å². The molecule has 0 saturated carbocycles. The van der Waals surface area contributed by atoms with Crippen LogP contribution < -0.4 is 5.32 Å². The summed E-state index contributed by atoms with van der Waals surface area (Å²) >= 11 is 2.00. The van der Waals surface area contributed by atoms with Crippen molar-refractivity contribution in [3.8, 4) is 0 Å². The first-order chi connectivity index (χ1) is 5.36. The summed E-state index contributed by atoms with van der Waals surface area (Å²) in [5.74, 6) is 2.50. The van der Waals surface area contributed by atoms with E-state index in [0.717, 1.165) is 6.42 Å². The zero-order chi connectivity index (χ0) is 8.10. The van der Waals surface area contributed by atoms with Crippen molar-refractivity contribution in [2.24, 2.45) is 0 Å². The molecule has 1 aliphatic heterocycles. The maximum absolute atomic E-state index is 8.92. The van der Waals surface area contributed by atoms with Gasteiger partial charge in [-0.25, -0.2) is 0 Å². The van der Waals surface area contributed by atoms with E-state index in [1.165, 1.54) is 17.9 Å². The highest BCUT2D eigenvalue weighted by molar-refractivity contribution is 7.99. The minimum atomic E-state index is 0.275. The van der Waals surface area contributed by atoms with Gasteiger partial charge in [0.05, 0.1) is 6.61 Å². The second-order valence-corrected chi connectivity index (χ2v) is 4.16. The van der Waals surface area contributed by atoms with Crippen LogP contribution in [0.25, 0.3) is 0 Å². The Hall–Kier alpha value is 0.270. The summed E-state index contributed by atoms with van der Waals surface area (Å²) in [6, 6.07) is 0.968. The smallest absolute Gasteiger partial charge is 0.0584 e. The summed E-state index contributed by atoms with van der Waals surface area (Å²) in [5, 5.41) is 12.4. The number of rotatable bonds is 4. The summed E-state index contributed by atoms with van der Waals surface area (Å²) < 4.78 is 0. The van der Waals surface area contributed by atoms with Gasteiger partial charge >= 0.3 is 0 Å². The summed E-state index contributed by atoms with van der Waals surface area (Å²) in [6.07, 6.45) is 2.29. The van der Waals surface area contributed by atoms with E-state index in [1.54, 1.807) is 0 Å². The van der Waals surface area contributed by atoms with Gasteiger partial charge in [0, 0.05) is 17.8 Å². The van der Waals surface area contributed by atoms with Crippen LogP contribution in [-0.2, 0) is 0 Å². The van der Waals surface area contributed by atoms with Crippen LogP contribution in [0, 0.1) is 0 Å². The van der Waals surface area contributed by atoms with E-state index in [0.29, 0.717) is 12.1 Å². The molecule has 1 aliphatic rings. The fourth-order valence-electron chi connectivity index (χ4n) is 1.30.